The number of rotatable bonds is 14. The highest BCUT2D eigenvalue weighted by atomic mass is 35.5. The van der Waals surface area contributed by atoms with Crippen molar-refractivity contribution in [2.45, 2.75) is 44.1 Å². The topological polar surface area (TPSA) is 122 Å². The van der Waals surface area contributed by atoms with Crippen LogP contribution in [-0.2, 0) is 22.5 Å². The largest absolute Gasteiger partial charge is 0.493 e. The molecule has 55 heavy (non-hydrogen) atoms. The fourth-order valence-electron chi connectivity index (χ4n) is 7.13. The first-order valence-corrected chi connectivity index (χ1v) is 18.8. The first kappa shape index (κ1) is 38.1. The summed E-state index contributed by atoms with van der Waals surface area (Å²) in [7, 11) is 3.06. The Kier molecular flexibility index (Phi) is 12.1. The second-order valence-electron chi connectivity index (χ2n) is 13.5. The Morgan fingerprint density at radius 2 is 1.62 bits per heavy atom. The molecule has 2 aromatic heterocycles. The zero-order valence-electron chi connectivity index (χ0n) is 30.4. The fraction of sp³-hybridized carbons (Fsp3) is 0.310. The summed E-state index contributed by atoms with van der Waals surface area (Å²) in [4.78, 5) is 33.2. The number of ether oxygens (including phenoxy) is 5. The van der Waals surface area contributed by atoms with Gasteiger partial charge in [-0.05, 0) is 90.5 Å². The van der Waals surface area contributed by atoms with Crippen molar-refractivity contribution >= 4 is 35.3 Å². The molecule has 5 aromatic rings. The van der Waals surface area contributed by atoms with Crippen molar-refractivity contribution in [2.24, 2.45) is 5.92 Å². The lowest BCUT2D eigenvalue weighted by Crippen LogP contribution is -2.52. The third-order valence-electron chi connectivity index (χ3n) is 10.1. The van der Waals surface area contributed by atoms with Crippen LogP contribution in [0.25, 0.3) is 0 Å². The summed E-state index contributed by atoms with van der Waals surface area (Å²) in [5, 5.41) is 3.78. The summed E-state index contributed by atoms with van der Waals surface area (Å²) >= 11 is 12.9. The van der Waals surface area contributed by atoms with E-state index in [-0.39, 0.29) is 24.9 Å². The second kappa shape index (κ2) is 17.5. The number of furan rings is 1. The van der Waals surface area contributed by atoms with Gasteiger partial charge in [-0.15, -0.1) is 0 Å². The molecule has 1 N–H and O–H groups in total. The zero-order valence-corrected chi connectivity index (χ0v) is 31.9. The summed E-state index contributed by atoms with van der Waals surface area (Å²) in [6.45, 7) is 2.93. The number of hydrogen-bond donors (Lipinski definition) is 1. The van der Waals surface area contributed by atoms with E-state index in [4.69, 9.17) is 51.3 Å². The van der Waals surface area contributed by atoms with Gasteiger partial charge in [-0.2, -0.15) is 0 Å². The van der Waals surface area contributed by atoms with E-state index in [1.54, 1.807) is 24.3 Å². The van der Waals surface area contributed by atoms with E-state index < -0.39 is 24.2 Å². The number of benzene rings is 3. The minimum Gasteiger partial charge on any atom is -0.493 e. The van der Waals surface area contributed by atoms with Gasteiger partial charge in [0.2, 0.25) is 5.76 Å². The molecule has 0 aliphatic carbocycles. The van der Waals surface area contributed by atoms with Crippen LogP contribution in [0.3, 0.4) is 0 Å². The van der Waals surface area contributed by atoms with E-state index in [0.717, 1.165) is 43.6 Å². The standard InChI is InChI=1S/C42H41Cl2N3O8/c1-50-35-13-11-28(20-38(35)51-2)37(21-32-33(43)22-45-23-34(32)44)54-41(48)36-14-12-31(53-36)25-52-30-10-6-9-29(19-30)40(27-7-4-3-5-8-27)46-42(49)55-39-24-47-17-15-26(39)16-18-47/h3-14,19-20,22-23,26,37,39-40H,15-18,21,24-25H2,1-2H3,(H,46,49)/t37-,39?,40+/m1/s1. The lowest BCUT2D eigenvalue weighted by Gasteiger charge is -2.43. The Hall–Kier alpha value is -5.23. The van der Waals surface area contributed by atoms with Crippen LogP contribution in [-0.4, -0.2) is 61.9 Å². The lowest BCUT2D eigenvalue weighted by molar-refractivity contribution is -0.0336. The first-order chi connectivity index (χ1) is 26.8. The number of esters is 1. The maximum absolute atomic E-state index is 13.5. The number of nitrogens with one attached hydrogen (secondary N) is 1. The van der Waals surface area contributed by atoms with Gasteiger partial charge in [0, 0.05) is 25.4 Å². The Morgan fingerprint density at radius 1 is 0.873 bits per heavy atom. The molecular formula is C42H41Cl2N3O8. The SMILES string of the molecule is COc1ccc([C@@H](Cc2c(Cl)cncc2Cl)OC(=O)c2ccc(COc3cccc([C@@H](NC(=O)OC4CN5CCC4CC5)c4ccccc4)c3)o2)cc1OC. The average Bonchev–Trinajstić information content (AvgIpc) is 3.70. The summed E-state index contributed by atoms with van der Waals surface area (Å²) in [6, 6.07) is 25.2. The van der Waals surface area contributed by atoms with E-state index in [9.17, 15) is 9.59 Å². The number of nitrogens with zero attached hydrogens (tertiary/aromatic N) is 2. The summed E-state index contributed by atoms with van der Waals surface area (Å²) in [6.07, 6.45) is 3.84. The Balaban J connectivity index is 1.03. The van der Waals surface area contributed by atoms with Crippen molar-refractivity contribution in [2.75, 3.05) is 33.9 Å². The number of piperidine rings is 3. The van der Waals surface area contributed by atoms with Gasteiger partial charge in [0.1, 0.15) is 30.3 Å². The van der Waals surface area contributed by atoms with E-state index >= 15 is 0 Å². The van der Waals surface area contributed by atoms with Crippen LogP contribution in [0.4, 0.5) is 4.79 Å². The molecule has 0 radical (unpaired) electrons. The van der Waals surface area contributed by atoms with Crippen molar-refractivity contribution in [3.63, 3.8) is 0 Å². The van der Waals surface area contributed by atoms with Gasteiger partial charge < -0.3 is 33.4 Å². The van der Waals surface area contributed by atoms with Crippen LogP contribution in [0.15, 0.2) is 102 Å². The number of aromatic nitrogens is 1. The molecule has 2 bridgehead atoms. The number of methoxy groups -OCH3 is 2. The number of carbonyl (C=O) groups excluding carboxylic acids is 2. The third kappa shape index (κ3) is 9.19. The number of carbonyl (C=O) groups is 2. The van der Waals surface area contributed by atoms with Crippen LogP contribution >= 0.6 is 23.2 Å². The van der Waals surface area contributed by atoms with E-state index in [0.29, 0.717) is 50.1 Å². The summed E-state index contributed by atoms with van der Waals surface area (Å²) < 4.78 is 34.9. The van der Waals surface area contributed by atoms with Gasteiger partial charge in [0.15, 0.2) is 11.5 Å². The number of fused-ring (bicyclic) bond motifs is 3. The van der Waals surface area contributed by atoms with E-state index in [2.05, 4.69) is 15.2 Å². The maximum atomic E-state index is 13.5. The Bertz CT molecular complexity index is 2080. The molecule has 1 unspecified atom stereocenters. The van der Waals surface area contributed by atoms with Crippen molar-refractivity contribution in [1.82, 2.24) is 15.2 Å². The van der Waals surface area contributed by atoms with Crippen molar-refractivity contribution in [3.8, 4) is 17.2 Å². The van der Waals surface area contributed by atoms with Crippen LogP contribution in [0.5, 0.6) is 17.2 Å². The van der Waals surface area contributed by atoms with Crippen LogP contribution < -0.4 is 19.5 Å². The number of halogens is 2. The van der Waals surface area contributed by atoms with Gasteiger partial charge in [-0.1, -0.05) is 71.7 Å². The number of hydrogen-bond acceptors (Lipinski definition) is 10. The normalized spacial score (nSPS) is 18.5. The molecule has 0 spiro atoms. The molecule has 11 nitrogen and oxygen atoms in total. The second-order valence-corrected chi connectivity index (χ2v) is 14.3. The first-order valence-electron chi connectivity index (χ1n) is 18.0. The van der Waals surface area contributed by atoms with Gasteiger partial charge in [-0.25, -0.2) is 9.59 Å². The molecule has 5 heterocycles. The monoisotopic (exact) mass is 785 g/mol. The minimum absolute atomic E-state index is 0.0143. The predicted molar refractivity (Wildman–Crippen MR) is 206 cm³/mol. The van der Waals surface area contributed by atoms with E-state index in [1.165, 1.54) is 32.7 Å². The molecule has 3 aliphatic heterocycles. The van der Waals surface area contributed by atoms with Crippen LogP contribution in [0, 0.1) is 5.92 Å². The molecule has 3 fully saturated rings. The van der Waals surface area contributed by atoms with Crippen LogP contribution in [0.2, 0.25) is 10.0 Å². The third-order valence-corrected chi connectivity index (χ3v) is 10.7. The van der Waals surface area contributed by atoms with E-state index in [1.807, 2.05) is 54.6 Å². The minimum atomic E-state index is -0.823. The Labute approximate surface area is 329 Å². The molecular weight excluding hydrogens is 745 g/mol. The lowest BCUT2D eigenvalue weighted by atomic mass is 9.86. The highest BCUT2D eigenvalue weighted by Gasteiger charge is 2.37. The maximum Gasteiger partial charge on any atom is 0.408 e. The molecule has 286 valence electrons. The van der Waals surface area contributed by atoms with Crippen molar-refractivity contribution in [3.05, 3.63) is 141 Å². The molecule has 13 heteroatoms. The average molecular weight is 787 g/mol. The van der Waals surface area contributed by atoms with Crippen molar-refractivity contribution in [1.29, 1.82) is 0 Å². The number of pyridine rings is 1. The molecule has 8 rings (SSSR count). The number of amides is 1. The smallest absolute Gasteiger partial charge is 0.408 e. The predicted octanol–water partition coefficient (Wildman–Crippen LogP) is 8.63. The van der Waals surface area contributed by atoms with Crippen LogP contribution in [0.1, 0.15) is 63.6 Å². The summed E-state index contributed by atoms with van der Waals surface area (Å²) in [5.41, 5.74) is 2.91. The zero-order chi connectivity index (χ0) is 38.3. The fourth-order valence-corrected chi connectivity index (χ4v) is 7.65. The molecule has 0 saturated carbocycles. The number of alkyl carbamates (subject to hydrolysis) is 1. The molecule has 3 saturated heterocycles. The van der Waals surface area contributed by atoms with Crippen molar-refractivity contribution < 1.29 is 37.7 Å². The molecule has 3 aliphatic rings. The van der Waals surface area contributed by atoms with Gasteiger partial charge in [0.25, 0.3) is 0 Å². The highest BCUT2D eigenvalue weighted by Crippen LogP contribution is 2.36. The Morgan fingerprint density at radius 3 is 2.33 bits per heavy atom. The molecule has 3 atom stereocenters. The highest BCUT2D eigenvalue weighted by molar-refractivity contribution is 6.35. The quantitative estimate of drug-likeness (QED) is 0.110. The van der Waals surface area contributed by atoms with Gasteiger partial charge in [-0.3, -0.25) is 9.88 Å². The molecule has 1 amide bonds. The molecule has 3 aromatic carbocycles. The van der Waals surface area contributed by atoms with Gasteiger partial charge in [0.05, 0.1) is 30.3 Å². The van der Waals surface area contributed by atoms with Gasteiger partial charge >= 0.3 is 12.1 Å². The summed E-state index contributed by atoms with van der Waals surface area (Å²) in [5.74, 6) is 1.62.